The Morgan fingerprint density at radius 2 is 1.90 bits per heavy atom. The fourth-order valence-corrected chi connectivity index (χ4v) is 8.89. The van der Waals surface area contributed by atoms with E-state index < -0.39 is 24.9 Å². The van der Waals surface area contributed by atoms with Crippen LogP contribution in [0.25, 0.3) is 0 Å². The van der Waals surface area contributed by atoms with Gasteiger partial charge < -0.3 is 40.3 Å². The van der Waals surface area contributed by atoms with E-state index in [1.54, 1.807) is 13.8 Å². The largest absolute Gasteiger partial charge is 0.623 e. The minimum absolute atomic E-state index is 0.0303. The summed E-state index contributed by atoms with van der Waals surface area (Å²) in [4.78, 5) is 35.7. The van der Waals surface area contributed by atoms with Crippen molar-refractivity contribution in [2.75, 3.05) is 38.7 Å². The lowest BCUT2D eigenvalue weighted by molar-refractivity contribution is -0.515. The smallest absolute Gasteiger partial charge is 0.407 e. The van der Waals surface area contributed by atoms with Crippen LogP contribution in [0.4, 0.5) is 9.59 Å². The van der Waals surface area contributed by atoms with Gasteiger partial charge in [0.2, 0.25) is 5.91 Å². The molecular formula is C24H42N5O8PS. The van der Waals surface area contributed by atoms with Gasteiger partial charge in [0.05, 0.1) is 31.2 Å². The highest BCUT2D eigenvalue weighted by atomic mass is 32.2. The monoisotopic (exact) mass is 591 g/mol. The molecule has 3 heterocycles. The van der Waals surface area contributed by atoms with Crippen molar-refractivity contribution in [2.24, 2.45) is 5.92 Å². The number of carbonyl (C=O) groups is 3. The van der Waals surface area contributed by atoms with Crippen molar-refractivity contribution in [1.82, 2.24) is 21.3 Å². The number of fused-ring (bicyclic) bond motifs is 1. The number of carbonyl (C=O) groups excluding carboxylic acids is 3. The second kappa shape index (κ2) is 14.6. The molecule has 0 bridgehead atoms. The van der Waals surface area contributed by atoms with Gasteiger partial charge in [-0.05, 0) is 33.1 Å². The Bertz CT molecular complexity index is 945. The van der Waals surface area contributed by atoms with Crippen molar-refractivity contribution in [3.05, 3.63) is 5.21 Å². The first-order valence-electron chi connectivity index (χ1n) is 13.7. The van der Waals surface area contributed by atoms with Crippen molar-refractivity contribution in [3.63, 3.8) is 0 Å². The van der Waals surface area contributed by atoms with Crippen LogP contribution in [0, 0.1) is 11.1 Å². The summed E-state index contributed by atoms with van der Waals surface area (Å²) in [7, 11) is -3.80. The zero-order chi connectivity index (χ0) is 28.5. The Morgan fingerprint density at radius 1 is 1.18 bits per heavy atom. The zero-order valence-corrected chi connectivity index (χ0v) is 24.7. The van der Waals surface area contributed by atoms with E-state index in [-0.39, 0.29) is 50.3 Å². The average Bonchev–Trinajstić information content (AvgIpc) is 3.54. The molecule has 222 valence electrons. The van der Waals surface area contributed by atoms with Crippen LogP contribution in [0.5, 0.6) is 0 Å². The highest BCUT2D eigenvalue weighted by Gasteiger charge is 2.63. The molecule has 2 saturated heterocycles. The van der Waals surface area contributed by atoms with Crippen molar-refractivity contribution < 1.29 is 37.5 Å². The second-order valence-corrected chi connectivity index (χ2v) is 13.7. The maximum atomic E-state index is 13.4. The fourth-order valence-electron chi connectivity index (χ4n) is 5.12. The van der Waals surface area contributed by atoms with Gasteiger partial charge in [-0.1, -0.05) is 6.42 Å². The summed E-state index contributed by atoms with van der Waals surface area (Å²) in [5.41, 5.74) is 0. The number of amides is 4. The molecule has 0 radical (unpaired) electrons. The number of nitrogens with one attached hydrogen (secondary N) is 4. The molecule has 39 heavy (non-hydrogen) atoms. The molecule has 0 aromatic rings. The Labute approximate surface area is 234 Å². The number of rotatable bonds is 16. The predicted molar refractivity (Wildman–Crippen MR) is 148 cm³/mol. The molecule has 3 aliphatic heterocycles. The van der Waals surface area contributed by atoms with Gasteiger partial charge in [-0.15, -0.1) is 0 Å². The van der Waals surface area contributed by atoms with Crippen LogP contribution in [-0.4, -0.2) is 90.3 Å². The number of alkyl carbamates (subject to hydrolysis) is 1. The molecule has 0 saturated carbocycles. The number of hydrogen-bond donors (Lipinski definition) is 4. The lowest BCUT2D eigenvalue weighted by Crippen LogP contribution is -2.43. The summed E-state index contributed by atoms with van der Waals surface area (Å²) >= 11 is 1.87. The molecule has 4 amide bonds. The average molecular weight is 592 g/mol. The first-order valence-corrected chi connectivity index (χ1v) is 16.3. The van der Waals surface area contributed by atoms with E-state index in [0.29, 0.717) is 35.9 Å². The maximum Gasteiger partial charge on any atom is 0.407 e. The zero-order valence-electron chi connectivity index (χ0n) is 22.9. The van der Waals surface area contributed by atoms with E-state index in [0.717, 1.165) is 25.0 Å². The molecule has 0 aliphatic carbocycles. The molecule has 0 aromatic heterocycles. The Morgan fingerprint density at radius 3 is 2.62 bits per heavy atom. The Hall–Kier alpha value is -2.02. The highest BCUT2D eigenvalue weighted by Crippen LogP contribution is 2.64. The van der Waals surface area contributed by atoms with E-state index >= 15 is 0 Å². The lowest BCUT2D eigenvalue weighted by Gasteiger charge is -2.34. The molecule has 4 N–H and O–H groups in total. The van der Waals surface area contributed by atoms with Crippen LogP contribution in [0.2, 0.25) is 0 Å². The molecule has 0 unspecified atom stereocenters. The van der Waals surface area contributed by atoms with Gasteiger partial charge in [0, 0.05) is 43.9 Å². The quantitative estimate of drug-likeness (QED) is 0.0692. The number of urea groups is 1. The molecule has 15 heteroatoms. The van der Waals surface area contributed by atoms with Crippen LogP contribution < -0.4 is 21.3 Å². The standard InChI is InChI=1S/C24H42N5O8PS/c1-4-36-38(34,37-5-2)24(3)17(11-14-29(24)33)15-35-23(32)26-13-8-12-25-20(30)10-7-6-9-19-21-18(16-39-19)27-22(31)28-21/h14,17-19,21H,4-13,15-16H2,1-3H3,(H,25,30)(H,26,32)(H2,27,28,31)/t17-,18-,19-,21+,24-/m1/s1. The molecule has 13 nitrogen and oxygen atoms in total. The molecule has 3 rings (SSSR count). The summed E-state index contributed by atoms with van der Waals surface area (Å²) in [6.07, 6.45) is 4.62. The first-order chi connectivity index (χ1) is 18.6. The molecule has 2 fully saturated rings. The Kier molecular flexibility index (Phi) is 11.8. The predicted octanol–water partition coefficient (Wildman–Crippen LogP) is 2.53. The fraction of sp³-hybridized carbons (Fsp3) is 0.833. The van der Waals surface area contributed by atoms with E-state index in [1.807, 2.05) is 11.8 Å². The summed E-state index contributed by atoms with van der Waals surface area (Å²) in [5, 5.41) is 22.9. The van der Waals surface area contributed by atoms with E-state index in [4.69, 9.17) is 13.8 Å². The van der Waals surface area contributed by atoms with Gasteiger partial charge in [-0.25, -0.2) is 9.59 Å². The molecule has 5 atom stereocenters. The second-order valence-electron chi connectivity index (χ2n) is 9.96. The Balaban J connectivity index is 1.26. The van der Waals surface area contributed by atoms with Crippen LogP contribution in [0.1, 0.15) is 59.3 Å². The van der Waals surface area contributed by atoms with Crippen LogP contribution >= 0.6 is 19.4 Å². The number of unbranched alkanes of at least 4 members (excludes halogenated alkanes) is 1. The summed E-state index contributed by atoms with van der Waals surface area (Å²) in [6, 6.07) is 0.311. The van der Waals surface area contributed by atoms with Crippen molar-refractivity contribution >= 4 is 43.6 Å². The van der Waals surface area contributed by atoms with Gasteiger partial charge in [0.25, 0.3) is 5.28 Å². The van der Waals surface area contributed by atoms with Gasteiger partial charge in [0.15, 0.2) is 6.21 Å². The van der Waals surface area contributed by atoms with Crippen LogP contribution in [-0.2, 0) is 23.1 Å². The summed E-state index contributed by atoms with van der Waals surface area (Å²) < 4.78 is 30.1. The molecule has 3 aliphatic rings. The van der Waals surface area contributed by atoms with Crippen LogP contribution in [0.3, 0.4) is 0 Å². The number of nitrogens with zero attached hydrogens (tertiary/aromatic N) is 1. The van der Waals surface area contributed by atoms with E-state index in [2.05, 4.69) is 21.3 Å². The van der Waals surface area contributed by atoms with Gasteiger partial charge in [-0.3, -0.25) is 9.36 Å². The third kappa shape index (κ3) is 7.80. The number of hydrogen-bond acceptors (Lipinski definition) is 9. The first kappa shape index (κ1) is 31.5. The highest BCUT2D eigenvalue weighted by molar-refractivity contribution is 8.00. The summed E-state index contributed by atoms with van der Waals surface area (Å²) in [5.74, 6) is 0.334. The molecule has 0 aromatic carbocycles. The van der Waals surface area contributed by atoms with Crippen molar-refractivity contribution in [1.29, 1.82) is 0 Å². The molecular weight excluding hydrogens is 549 g/mol. The lowest BCUT2D eigenvalue weighted by atomic mass is 10.0. The third-order valence-electron chi connectivity index (χ3n) is 7.37. The minimum Gasteiger partial charge on any atom is -0.623 e. The third-order valence-corrected chi connectivity index (χ3v) is 11.7. The SMILES string of the molecule is CCOP(=O)(OCC)[C@]1(C)[C@@H](COC(=O)NCCCNC(=O)CCCC[C@H]2SC[C@H]3NC(=O)N[C@@H]32)CC=[N+]1[O-]. The molecule has 0 spiro atoms. The van der Waals surface area contributed by atoms with E-state index in [9.17, 15) is 24.2 Å². The number of hydroxylamine groups is 1. The van der Waals surface area contributed by atoms with Gasteiger partial charge in [0.1, 0.15) is 6.61 Å². The van der Waals surface area contributed by atoms with Crippen molar-refractivity contribution in [2.45, 2.75) is 81.9 Å². The number of thioether (sulfide) groups is 1. The van der Waals surface area contributed by atoms with Gasteiger partial charge in [-0.2, -0.15) is 16.5 Å². The maximum absolute atomic E-state index is 13.4. The topological polar surface area (TPSA) is 170 Å². The van der Waals surface area contributed by atoms with Crippen LogP contribution in [0.15, 0.2) is 0 Å². The number of ether oxygens (including phenoxy) is 1. The van der Waals surface area contributed by atoms with E-state index in [1.165, 1.54) is 13.1 Å². The van der Waals surface area contributed by atoms with Gasteiger partial charge >= 0.3 is 19.7 Å². The van der Waals surface area contributed by atoms with Crippen molar-refractivity contribution in [3.8, 4) is 0 Å². The normalized spacial score (nSPS) is 27.9. The summed E-state index contributed by atoms with van der Waals surface area (Å²) in [6.45, 7) is 5.69. The minimum atomic E-state index is -3.80.